The van der Waals surface area contributed by atoms with Crippen LogP contribution in [0, 0.1) is 0 Å². The zero-order valence-electron chi connectivity index (χ0n) is 16.6. The Labute approximate surface area is 182 Å². The number of nitrogens with two attached hydrogens (primary N) is 1. The van der Waals surface area contributed by atoms with Crippen molar-refractivity contribution in [3.05, 3.63) is 76.3 Å². The van der Waals surface area contributed by atoms with E-state index in [-0.39, 0.29) is 22.9 Å². The molecule has 164 valence electrons. The number of benzene rings is 1. The summed E-state index contributed by atoms with van der Waals surface area (Å²) in [4.78, 5) is 37.5. The Morgan fingerprint density at radius 2 is 1.88 bits per heavy atom. The summed E-state index contributed by atoms with van der Waals surface area (Å²) < 4.78 is 27.6. The fourth-order valence-electron chi connectivity index (χ4n) is 3.04. The van der Waals surface area contributed by atoms with Gasteiger partial charge in [-0.05, 0) is 42.5 Å². The number of aromatic nitrogens is 4. The molecule has 0 aliphatic carbocycles. The fourth-order valence-corrected chi connectivity index (χ4v) is 4.07. The number of aromatic amines is 2. The normalized spacial score (nSPS) is 11.5. The van der Waals surface area contributed by atoms with Gasteiger partial charge in [-0.3, -0.25) is 14.6 Å². The molecule has 0 saturated carbocycles. The van der Waals surface area contributed by atoms with Crippen LogP contribution in [-0.2, 0) is 16.4 Å². The number of nitrogens with zero attached hydrogens (tertiary/aromatic N) is 2. The molecule has 32 heavy (non-hydrogen) atoms. The van der Waals surface area contributed by atoms with Crippen molar-refractivity contribution >= 4 is 38.7 Å². The summed E-state index contributed by atoms with van der Waals surface area (Å²) in [7, 11) is -3.79. The first-order valence-corrected chi connectivity index (χ1v) is 11.0. The average molecular weight is 453 g/mol. The number of pyridine rings is 1. The number of carbonyl (C=O) groups excluding carboxylic acids is 1. The molecular formula is C20H19N7O4S. The van der Waals surface area contributed by atoms with Crippen molar-refractivity contribution < 1.29 is 13.2 Å². The fraction of sp³-hybridized carbons (Fsp3) is 0.100. The van der Waals surface area contributed by atoms with Crippen LogP contribution in [0.5, 0.6) is 0 Å². The van der Waals surface area contributed by atoms with Crippen LogP contribution in [0.25, 0.3) is 11.0 Å². The van der Waals surface area contributed by atoms with E-state index in [0.717, 1.165) is 0 Å². The number of nitrogens with one attached hydrogen (secondary N) is 4. The topological polar surface area (TPSA) is 176 Å². The van der Waals surface area contributed by atoms with Crippen molar-refractivity contribution in [3.63, 3.8) is 0 Å². The van der Waals surface area contributed by atoms with Crippen LogP contribution in [0.4, 0.5) is 11.8 Å². The predicted octanol–water partition coefficient (Wildman–Crippen LogP) is 1.00. The number of hydrogen-bond acceptors (Lipinski definition) is 7. The summed E-state index contributed by atoms with van der Waals surface area (Å²) in [5.74, 6) is -0.00914. The molecule has 0 unspecified atom stereocenters. The smallest absolute Gasteiger partial charge is 0.261 e. The molecular weight excluding hydrogens is 434 g/mol. The first-order chi connectivity index (χ1) is 15.3. The Bertz CT molecular complexity index is 1430. The van der Waals surface area contributed by atoms with Crippen LogP contribution in [-0.4, -0.2) is 40.8 Å². The first kappa shape index (κ1) is 21.2. The van der Waals surface area contributed by atoms with Gasteiger partial charge in [0.1, 0.15) is 11.5 Å². The Morgan fingerprint density at radius 1 is 1.09 bits per heavy atom. The van der Waals surface area contributed by atoms with Gasteiger partial charge in [0, 0.05) is 30.4 Å². The second-order valence-corrected chi connectivity index (χ2v) is 8.62. The number of hydrogen-bond donors (Lipinski definition) is 5. The molecule has 12 heteroatoms. The number of anilines is 2. The molecule has 0 aliphatic rings. The van der Waals surface area contributed by atoms with E-state index in [0.29, 0.717) is 34.5 Å². The van der Waals surface area contributed by atoms with Crippen LogP contribution in [0.15, 0.2) is 64.4 Å². The number of carbonyl (C=O) groups is 1. The first-order valence-electron chi connectivity index (χ1n) is 9.51. The number of rotatable bonds is 7. The maximum absolute atomic E-state index is 12.5. The third-order valence-corrected chi connectivity index (χ3v) is 6.07. The van der Waals surface area contributed by atoms with Crippen molar-refractivity contribution in [2.75, 3.05) is 17.6 Å². The lowest BCUT2D eigenvalue weighted by molar-refractivity contribution is 0.102. The maximum atomic E-state index is 12.5. The molecule has 3 aromatic heterocycles. The van der Waals surface area contributed by atoms with E-state index in [1.165, 1.54) is 24.3 Å². The van der Waals surface area contributed by atoms with E-state index in [1.807, 2.05) is 0 Å². The van der Waals surface area contributed by atoms with E-state index < -0.39 is 15.9 Å². The maximum Gasteiger partial charge on any atom is 0.261 e. The number of H-pyrrole nitrogens is 2. The van der Waals surface area contributed by atoms with Gasteiger partial charge in [-0.25, -0.2) is 18.1 Å². The molecule has 0 spiro atoms. The van der Waals surface area contributed by atoms with Crippen molar-refractivity contribution in [1.29, 1.82) is 0 Å². The SMILES string of the molecule is Nc1nc2[nH]c(CCNS(=O)(=O)c3ccc(C(=O)Nc4ccccn4)cc3)cc2c(=O)[nH]1. The summed E-state index contributed by atoms with van der Waals surface area (Å²) in [6.45, 7) is 0.0878. The Kier molecular flexibility index (Phi) is 5.71. The van der Waals surface area contributed by atoms with Gasteiger partial charge in [0.15, 0.2) is 0 Å². The van der Waals surface area contributed by atoms with Gasteiger partial charge in [0.2, 0.25) is 16.0 Å². The molecule has 11 nitrogen and oxygen atoms in total. The van der Waals surface area contributed by atoms with Crippen molar-refractivity contribution in [3.8, 4) is 0 Å². The lowest BCUT2D eigenvalue weighted by Gasteiger charge is -2.08. The number of amides is 1. The third kappa shape index (κ3) is 4.66. The highest BCUT2D eigenvalue weighted by atomic mass is 32.2. The van der Waals surface area contributed by atoms with Gasteiger partial charge in [-0.15, -0.1) is 0 Å². The van der Waals surface area contributed by atoms with Gasteiger partial charge in [-0.1, -0.05) is 6.07 Å². The molecule has 0 fully saturated rings. The largest absolute Gasteiger partial charge is 0.369 e. The molecule has 0 radical (unpaired) electrons. The van der Waals surface area contributed by atoms with Crippen LogP contribution in [0.2, 0.25) is 0 Å². The molecule has 4 rings (SSSR count). The summed E-state index contributed by atoms with van der Waals surface area (Å²) in [5.41, 5.74) is 6.41. The molecule has 1 amide bonds. The van der Waals surface area contributed by atoms with Crippen LogP contribution < -0.4 is 21.3 Å². The Morgan fingerprint density at radius 3 is 2.59 bits per heavy atom. The zero-order chi connectivity index (χ0) is 22.7. The van der Waals surface area contributed by atoms with E-state index in [4.69, 9.17) is 5.73 Å². The molecule has 0 bridgehead atoms. The molecule has 0 saturated heterocycles. The standard InChI is InChI=1S/C20H19N7O4S/c21-20-26-17-15(19(29)27-20)11-13(24-17)8-10-23-32(30,31)14-6-4-12(5-7-14)18(28)25-16-3-1-2-9-22-16/h1-7,9,11,23H,8,10H2,(H,22,25,28)(H4,21,24,26,27,29). The van der Waals surface area contributed by atoms with Gasteiger partial charge in [0.25, 0.3) is 11.5 Å². The quantitative estimate of drug-likeness (QED) is 0.277. The molecule has 4 aromatic rings. The minimum Gasteiger partial charge on any atom is -0.369 e. The predicted molar refractivity (Wildman–Crippen MR) is 119 cm³/mol. The highest BCUT2D eigenvalue weighted by Crippen LogP contribution is 2.13. The van der Waals surface area contributed by atoms with Crippen molar-refractivity contribution in [2.45, 2.75) is 11.3 Å². The summed E-state index contributed by atoms with van der Waals surface area (Å²) in [6.07, 6.45) is 1.86. The Hall–Kier alpha value is -4.03. The minimum absolute atomic E-state index is 0.00578. The molecule has 0 atom stereocenters. The highest BCUT2D eigenvalue weighted by molar-refractivity contribution is 7.89. The monoisotopic (exact) mass is 453 g/mol. The molecule has 3 heterocycles. The van der Waals surface area contributed by atoms with Crippen molar-refractivity contribution in [1.82, 2.24) is 24.7 Å². The molecule has 6 N–H and O–H groups in total. The molecule has 0 aliphatic heterocycles. The minimum atomic E-state index is -3.79. The molecule has 1 aromatic carbocycles. The van der Waals surface area contributed by atoms with Crippen molar-refractivity contribution in [2.24, 2.45) is 0 Å². The second-order valence-electron chi connectivity index (χ2n) is 6.85. The summed E-state index contributed by atoms with van der Waals surface area (Å²) in [6, 6.07) is 12.3. The van der Waals surface area contributed by atoms with Crippen LogP contribution >= 0.6 is 0 Å². The van der Waals surface area contributed by atoms with E-state index in [2.05, 4.69) is 30.0 Å². The third-order valence-electron chi connectivity index (χ3n) is 4.59. The van der Waals surface area contributed by atoms with Gasteiger partial charge in [0.05, 0.1) is 10.3 Å². The Balaban J connectivity index is 1.38. The highest BCUT2D eigenvalue weighted by Gasteiger charge is 2.15. The van der Waals surface area contributed by atoms with E-state index >= 15 is 0 Å². The zero-order valence-corrected chi connectivity index (χ0v) is 17.4. The van der Waals surface area contributed by atoms with E-state index in [9.17, 15) is 18.0 Å². The van der Waals surface area contributed by atoms with Gasteiger partial charge >= 0.3 is 0 Å². The summed E-state index contributed by atoms with van der Waals surface area (Å²) in [5, 5.41) is 2.98. The lowest BCUT2D eigenvalue weighted by atomic mass is 10.2. The van der Waals surface area contributed by atoms with E-state index in [1.54, 1.807) is 30.5 Å². The second kappa shape index (κ2) is 8.61. The number of fused-ring (bicyclic) bond motifs is 1. The average Bonchev–Trinajstić information content (AvgIpc) is 3.17. The lowest BCUT2D eigenvalue weighted by Crippen LogP contribution is -2.26. The van der Waals surface area contributed by atoms with Gasteiger partial charge < -0.3 is 16.0 Å². The van der Waals surface area contributed by atoms with Gasteiger partial charge in [-0.2, -0.15) is 4.98 Å². The number of nitrogen functional groups attached to an aromatic ring is 1. The number of sulfonamides is 1. The van der Waals surface area contributed by atoms with Crippen LogP contribution in [0.1, 0.15) is 16.1 Å². The van der Waals surface area contributed by atoms with Crippen LogP contribution in [0.3, 0.4) is 0 Å². The summed E-state index contributed by atoms with van der Waals surface area (Å²) >= 11 is 0.